The highest BCUT2D eigenvalue weighted by molar-refractivity contribution is 9.10. The Bertz CT molecular complexity index is 1000. The molecule has 2 aromatic heterocycles. The van der Waals surface area contributed by atoms with Gasteiger partial charge in [0.25, 0.3) is 5.56 Å². The summed E-state index contributed by atoms with van der Waals surface area (Å²) in [4.78, 5) is 28.8. The van der Waals surface area contributed by atoms with Crippen molar-refractivity contribution in [2.45, 2.75) is 19.9 Å². The molecule has 0 aliphatic rings. The maximum absolute atomic E-state index is 12.6. The molecule has 1 aromatic carbocycles. The summed E-state index contributed by atoms with van der Waals surface area (Å²) in [5, 5.41) is 7.20. The van der Waals surface area contributed by atoms with Gasteiger partial charge in [-0.15, -0.1) is 0 Å². The Morgan fingerprint density at radius 1 is 1.15 bits per heavy atom. The second-order valence-corrected chi connectivity index (χ2v) is 6.78. The van der Waals surface area contributed by atoms with Gasteiger partial charge in [0.05, 0.1) is 5.69 Å². The first kappa shape index (κ1) is 18.0. The Balaban J connectivity index is 1.88. The number of carbonyl (C=O) groups excluding carboxylic acids is 1. The maximum atomic E-state index is 12.6. The zero-order valence-corrected chi connectivity index (χ0v) is 15.9. The summed E-state index contributed by atoms with van der Waals surface area (Å²) in [6.07, 6.45) is 3.30. The van der Waals surface area contributed by atoms with Gasteiger partial charge in [-0.1, -0.05) is 15.9 Å². The van der Waals surface area contributed by atoms with Crippen LogP contribution in [0.5, 0.6) is 0 Å². The number of amides is 1. The van der Waals surface area contributed by atoms with Crippen molar-refractivity contribution in [2.24, 2.45) is 0 Å². The average molecular weight is 413 g/mol. The maximum Gasteiger partial charge on any atom is 0.267 e. The number of carbonyl (C=O) groups is 1. The quantitative estimate of drug-likeness (QED) is 0.710. The third-order valence-electron chi connectivity index (χ3n) is 3.99. The molecule has 132 valence electrons. The van der Waals surface area contributed by atoms with Crippen LogP contribution in [0.15, 0.2) is 64.1 Å². The summed E-state index contributed by atoms with van der Waals surface area (Å²) < 4.78 is 2.13. The van der Waals surface area contributed by atoms with Crippen molar-refractivity contribution in [2.75, 3.05) is 5.32 Å². The lowest BCUT2D eigenvalue weighted by Gasteiger charge is -2.16. The number of pyridine rings is 1. The molecule has 1 unspecified atom stereocenters. The molecule has 1 atom stereocenters. The fraction of sp³-hybridized carbons (Fsp3) is 0.158. The first-order valence-corrected chi connectivity index (χ1v) is 8.82. The molecule has 3 aromatic rings. The number of aromatic nitrogens is 3. The van der Waals surface area contributed by atoms with Crippen LogP contribution >= 0.6 is 15.9 Å². The summed E-state index contributed by atoms with van der Waals surface area (Å²) in [5.41, 5.74) is 2.71. The van der Waals surface area contributed by atoms with Gasteiger partial charge in [-0.05, 0) is 55.8 Å². The fourth-order valence-electron chi connectivity index (χ4n) is 2.49. The monoisotopic (exact) mass is 412 g/mol. The van der Waals surface area contributed by atoms with Crippen LogP contribution in [0.4, 0.5) is 5.69 Å². The molecule has 0 aliphatic heterocycles. The van der Waals surface area contributed by atoms with Crippen LogP contribution < -0.4 is 10.9 Å². The predicted octanol–water partition coefficient (Wildman–Crippen LogP) is 3.58. The SMILES string of the molecule is Cc1cc(Br)ccc1NC(=O)C(C)n1nc(-c2ccncc2)ccc1=O. The topological polar surface area (TPSA) is 76.9 Å². The summed E-state index contributed by atoms with van der Waals surface area (Å²) in [5.74, 6) is -0.308. The standard InChI is InChI=1S/C19H17BrN4O2/c1-12-11-15(20)3-4-16(12)22-19(26)13(2)24-18(25)6-5-17(23-24)14-7-9-21-10-8-14/h3-11,13H,1-2H3,(H,22,26). The number of rotatable bonds is 4. The van der Waals surface area contributed by atoms with Crippen molar-refractivity contribution in [3.8, 4) is 11.3 Å². The Hall–Kier alpha value is -2.80. The van der Waals surface area contributed by atoms with Gasteiger partial charge < -0.3 is 5.32 Å². The van der Waals surface area contributed by atoms with E-state index in [4.69, 9.17) is 0 Å². The number of hydrogen-bond donors (Lipinski definition) is 1. The molecular formula is C19H17BrN4O2. The van der Waals surface area contributed by atoms with Gasteiger partial charge in [-0.25, -0.2) is 4.68 Å². The molecule has 0 saturated carbocycles. The van der Waals surface area contributed by atoms with E-state index in [1.165, 1.54) is 10.7 Å². The van der Waals surface area contributed by atoms with Crippen molar-refractivity contribution in [3.63, 3.8) is 0 Å². The summed E-state index contributed by atoms with van der Waals surface area (Å²) >= 11 is 3.40. The smallest absolute Gasteiger partial charge is 0.267 e. The molecule has 2 heterocycles. The number of nitrogens with one attached hydrogen (secondary N) is 1. The van der Waals surface area contributed by atoms with Gasteiger partial charge >= 0.3 is 0 Å². The van der Waals surface area contributed by atoms with E-state index in [2.05, 4.69) is 31.3 Å². The number of nitrogens with zero attached hydrogens (tertiary/aromatic N) is 3. The molecular weight excluding hydrogens is 396 g/mol. The van der Waals surface area contributed by atoms with Crippen LogP contribution in [0.3, 0.4) is 0 Å². The van der Waals surface area contributed by atoms with Gasteiger partial charge in [0.2, 0.25) is 5.91 Å². The first-order valence-electron chi connectivity index (χ1n) is 8.03. The van der Waals surface area contributed by atoms with E-state index in [-0.39, 0.29) is 11.5 Å². The predicted molar refractivity (Wildman–Crippen MR) is 104 cm³/mol. The molecule has 1 amide bonds. The number of benzene rings is 1. The lowest BCUT2D eigenvalue weighted by atomic mass is 10.2. The molecule has 26 heavy (non-hydrogen) atoms. The minimum Gasteiger partial charge on any atom is -0.324 e. The minimum atomic E-state index is -0.757. The largest absolute Gasteiger partial charge is 0.324 e. The van der Waals surface area contributed by atoms with E-state index in [0.717, 1.165) is 15.6 Å². The highest BCUT2D eigenvalue weighted by Crippen LogP contribution is 2.21. The number of anilines is 1. The molecule has 0 fully saturated rings. The molecule has 0 radical (unpaired) electrons. The van der Waals surface area contributed by atoms with E-state index >= 15 is 0 Å². The number of aryl methyl sites for hydroxylation is 1. The second kappa shape index (κ2) is 7.61. The molecule has 0 bridgehead atoms. The third kappa shape index (κ3) is 3.88. The Morgan fingerprint density at radius 2 is 1.88 bits per heavy atom. The Labute approximate surface area is 159 Å². The molecule has 0 saturated heterocycles. The van der Waals surface area contributed by atoms with Gasteiger partial charge in [0.1, 0.15) is 6.04 Å². The molecule has 0 aliphatic carbocycles. The van der Waals surface area contributed by atoms with Crippen molar-refractivity contribution >= 4 is 27.5 Å². The summed E-state index contributed by atoms with van der Waals surface area (Å²) in [6, 6.07) is 11.5. The van der Waals surface area contributed by atoms with Gasteiger partial charge in [-0.3, -0.25) is 14.6 Å². The molecule has 3 rings (SSSR count). The number of halogens is 1. The van der Waals surface area contributed by atoms with Crippen molar-refractivity contribution < 1.29 is 4.79 Å². The van der Waals surface area contributed by atoms with Crippen LogP contribution in [0.2, 0.25) is 0 Å². The van der Waals surface area contributed by atoms with Gasteiger partial charge in [0.15, 0.2) is 0 Å². The van der Waals surface area contributed by atoms with E-state index in [9.17, 15) is 9.59 Å². The van der Waals surface area contributed by atoms with E-state index in [1.54, 1.807) is 37.5 Å². The molecule has 7 heteroatoms. The summed E-state index contributed by atoms with van der Waals surface area (Å²) in [6.45, 7) is 3.55. The van der Waals surface area contributed by atoms with Crippen LogP contribution in [-0.2, 0) is 4.79 Å². The normalized spacial score (nSPS) is 11.8. The third-order valence-corrected chi connectivity index (χ3v) is 4.49. The van der Waals surface area contributed by atoms with Crippen LogP contribution in [0, 0.1) is 6.92 Å². The fourth-order valence-corrected chi connectivity index (χ4v) is 2.97. The van der Waals surface area contributed by atoms with Crippen LogP contribution in [-0.4, -0.2) is 20.7 Å². The van der Waals surface area contributed by atoms with E-state index in [1.807, 2.05) is 25.1 Å². The molecule has 0 spiro atoms. The number of hydrogen-bond acceptors (Lipinski definition) is 4. The lowest BCUT2D eigenvalue weighted by Crippen LogP contribution is -2.33. The van der Waals surface area contributed by atoms with Crippen LogP contribution in [0.25, 0.3) is 11.3 Å². The molecule has 6 nitrogen and oxygen atoms in total. The lowest BCUT2D eigenvalue weighted by molar-refractivity contribution is -0.119. The Morgan fingerprint density at radius 3 is 2.58 bits per heavy atom. The summed E-state index contributed by atoms with van der Waals surface area (Å²) in [7, 11) is 0. The Kier molecular flexibility index (Phi) is 5.27. The zero-order valence-electron chi connectivity index (χ0n) is 14.3. The van der Waals surface area contributed by atoms with Crippen molar-refractivity contribution in [3.05, 3.63) is 75.2 Å². The minimum absolute atomic E-state index is 0.308. The highest BCUT2D eigenvalue weighted by Gasteiger charge is 2.19. The van der Waals surface area contributed by atoms with E-state index < -0.39 is 6.04 Å². The second-order valence-electron chi connectivity index (χ2n) is 5.86. The molecule has 1 N–H and O–H groups in total. The van der Waals surface area contributed by atoms with Gasteiger partial charge in [0, 0.05) is 34.2 Å². The zero-order chi connectivity index (χ0) is 18.7. The van der Waals surface area contributed by atoms with Crippen molar-refractivity contribution in [1.82, 2.24) is 14.8 Å². The van der Waals surface area contributed by atoms with E-state index in [0.29, 0.717) is 11.4 Å². The van der Waals surface area contributed by atoms with Crippen LogP contribution in [0.1, 0.15) is 18.5 Å². The highest BCUT2D eigenvalue weighted by atomic mass is 79.9. The average Bonchev–Trinajstić information content (AvgIpc) is 2.64. The van der Waals surface area contributed by atoms with Crippen molar-refractivity contribution in [1.29, 1.82) is 0 Å². The van der Waals surface area contributed by atoms with Gasteiger partial charge in [-0.2, -0.15) is 5.10 Å². The first-order chi connectivity index (χ1) is 12.5.